The first kappa shape index (κ1) is 14.5. The molecule has 6 heteroatoms. The minimum atomic E-state index is -0.0725. The average molecular weight is 308 g/mol. The first-order valence-corrected chi connectivity index (χ1v) is 8.28. The standard InChI is InChI=1S/C15H20N2O3S/c1-9(18)17(2)15-16-12(8-21-15)7-20-14(19)13-6-10-3-4-11(13)5-10/h8,10-11,13H,3-7H2,1-2H3/t10-,11-,13+/m0/s1. The van der Waals surface area contributed by atoms with Crippen LogP contribution in [0.2, 0.25) is 0 Å². The first-order valence-electron chi connectivity index (χ1n) is 7.40. The lowest BCUT2D eigenvalue weighted by Crippen LogP contribution is -2.23. The Morgan fingerprint density at radius 1 is 1.43 bits per heavy atom. The fourth-order valence-electron chi connectivity index (χ4n) is 3.44. The zero-order chi connectivity index (χ0) is 15.0. The van der Waals surface area contributed by atoms with Gasteiger partial charge in [0.2, 0.25) is 5.91 Å². The van der Waals surface area contributed by atoms with Gasteiger partial charge in [0.25, 0.3) is 0 Å². The van der Waals surface area contributed by atoms with E-state index in [-0.39, 0.29) is 24.4 Å². The maximum atomic E-state index is 12.1. The summed E-state index contributed by atoms with van der Waals surface area (Å²) >= 11 is 1.38. The second-order valence-electron chi connectivity index (χ2n) is 6.09. The minimum Gasteiger partial charge on any atom is -0.459 e. The maximum Gasteiger partial charge on any atom is 0.309 e. The van der Waals surface area contributed by atoms with E-state index < -0.39 is 0 Å². The molecule has 2 saturated carbocycles. The van der Waals surface area contributed by atoms with Crippen LogP contribution in [0.15, 0.2) is 5.38 Å². The van der Waals surface area contributed by atoms with Gasteiger partial charge in [0.1, 0.15) is 6.61 Å². The molecule has 1 amide bonds. The number of fused-ring (bicyclic) bond motifs is 2. The molecule has 0 radical (unpaired) electrons. The van der Waals surface area contributed by atoms with Crippen LogP contribution < -0.4 is 4.90 Å². The molecule has 114 valence electrons. The van der Waals surface area contributed by atoms with Crippen LogP contribution in [0, 0.1) is 17.8 Å². The molecule has 0 spiro atoms. The molecule has 3 atom stereocenters. The summed E-state index contributed by atoms with van der Waals surface area (Å²) in [5.74, 6) is 1.24. The molecule has 2 aliphatic rings. The van der Waals surface area contributed by atoms with Crippen molar-refractivity contribution < 1.29 is 14.3 Å². The van der Waals surface area contributed by atoms with E-state index in [4.69, 9.17) is 4.74 Å². The summed E-state index contributed by atoms with van der Waals surface area (Å²) in [5.41, 5.74) is 0.708. The maximum absolute atomic E-state index is 12.1. The van der Waals surface area contributed by atoms with Crippen molar-refractivity contribution in [2.24, 2.45) is 17.8 Å². The van der Waals surface area contributed by atoms with Gasteiger partial charge in [0.15, 0.2) is 5.13 Å². The average Bonchev–Trinajstić information content (AvgIpc) is 3.19. The molecule has 0 N–H and O–H groups in total. The van der Waals surface area contributed by atoms with Gasteiger partial charge in [-0.15, -0.1) is 11.3 Å². The molecule has 0 unspecified atom stereocenters. The third-order valence-electron chi connectivity index (χ3n) is 4.70. The molecule has 3 rings (SSSR count). The highest BCUT2D eigenvalue weighted by Gasteiger charge is 2.43. The molecule has 0 aromatic carbocycles. The van der Waals surface area contributed by atoms with Gasteiger partial charge in [-0.3, -0.25) is 14.5 Å². The molecular formula is C15H20N2O3S. The largest absolute Gasteiger partial charge is 0.459 e. The molecule has 21 heavy (non-hydrogen) atoms. The van der Waals surface area contributed by atoms with Crippen molar-refractivity contribution in [3.05, 3.63) is 11.1 Å². The number of hydrogen-bond acceptors (Lipinski definition) is 5. The Balaban J connectivity index is 1.53. The van der Waals surface area contributed by atoms with Gasteiger partial charge in [-0.1, -0.05) is 6.42 Å². The quantitative estimate of drug-likeness (QED) is 0.802. The van der Waals surface area contributed by atoms with Crippen molar-refractivity contribution in [2.45, 2.75) is 39.2 Å². The molecule has 1 aromatic rings. The van der Waals surface area contributed by atoms with Crippen LogP contribution in [0.3, 0.4) is 0 Å². The van der Waals surface area contributed by atoms with Gasteiger partial charge in [0.05, 0.1) is 11.6 Å². The first-order chi connectivity index (χ1) is 10.0. The van der Waals surface area contributed by atoms with Crippen molar-refractivity contribution >= 4 is 28.3 Å². The Morgan fingerprint density at radius 2 is 2.24 bits per heavy atom. The van der Waals surface area contributed by atoms with Crippen molar-refractivity contribution in [3.63, 3.8) is 0 Å². The van der Waals surface area contributed by atoms with E-state index in [1.54, 1.807) is 7.05 Å². The highest BCUT2D eigenvalue weighted by Crippen LogP contribution is 2.48. The number of thiazole rings is 1. The summed E-state index contributed by atoms with van der Waals surface area (Å²) in [7, 11) is 1.69. The number of rotatable bonds is 4. The summed E-state index contributed by atoms with van der Waals surface area (Å²) in [4.78, 5) is 29.2. The number of ether oxygens (including phenoxy) is 1. The lowest BCUT2D eigenvalue weighted by molar-refractivity contribution is -0.151. The second kappa shape index (κ2) is 5.75. The SMILES string of the molecule is CC(=O)N(C)c1nc(COC(=O)[C@@H]2C[C@H]3CC[C@H]2C3)cs1. The van der Waals surface area contributed by atoms with Crippen molar-refractivity contribution in [2.75, 3.05) is 11.9 Å². The van der Waals surface area contributed by atoms with Crippen LogP contribution in [0.1, 0.15) is 38.3 Å². The van der Waals surface area contributed by atoms with Crippen LogP contribution in [0.5, 0.6) is 0 Å². The Hall–Kier alpha value is -1.43. The van der Waals surface area contributed by atoms with Crippen molar-refractivity contribution in [3.8, 4) is 0 Å². The van der Waals surface area contributed by atoms with E-state index in [1.807, 2.05) is 5.38 Å². The van der Waals surface area contributed by atoms with E-state index >= 15 is 0 Å². The molecular weight excluding hydrogens is 288 g/mol. The minimum absolute atomic E-state index is 0.0603. The van der Waals surface area contributed by atoms with Gasteiger partial charge in [-0.25, -0.2) is 4.98 Å². The molecule has 2 aliphatic carbocycles. The fourth-order valence-corrected chi connectivity index (χ4v) is 4.26. The topological polar surface area (TPSA) is 59.5 Å². The van der Waals surface area contributed by atoms with E-state index in [9.17, 15) is 9.59 Å². The number of esters is 1. The Labute approximate surface area is 128 Å². The van der Waals surface area contributed by atoms with Crippen LogP contribution in [-0.2, 0) is 20.9 Å². The van der Waals surface area contributed by atoms with Gasteiger partial charge >= 0.3 is 5.97 Å². The lowest BCUT2D eigenvalue weighted by atomic mass is 9.89. The number of amides is 1. The molecule has 0 aliphatic heterocycles. The smallest absolute Gasteiger partial charge is 0.309 e. The van der Waals surface area contributed by atoms with Gasteiger partial charge < -0.3 is 4.74 Å². The molecule has 1 aromatic heterocycles. The third kappa shape index (κ3) is 2.95. The van der Waals surface area contributed by atoms with Crippen molar-refractivity contribution in [1.29, 1.82) is 0 Å². The number of aromatic nitrogens is 1. The number of carbonyl (C=O) groups excluding carboxylic acids is 2. The summed E-state index contributed by atoms with van der Waals surface area (Å²) in [6.07, 6.45) is 4.65. The summed E-state index contributed by atoms with van der Waals surface area (Å²) in [6.45, 7) is 1.70. The lowest BCUT2D eigenvalue weighted by Gasteiger charge is -2.19. The molecule has 5 nitrogen and oxygen atoms in total. The Kier molecular flexibility index (Phi) is 3.97. The van der Waals surface area contributed by atoms with Gasteiger partial charge in [-0.2, -0.15) is 0 Å². The molecule has 2 bridgehead atoms. The zero-order valence-corrected chi connectivity index (χ0v) is 13.2. The molecule has 1 heterocycles. The second-order valence-corrected chi connectivity index (χ2v) is 6.93. The van der Waals surface area contributed by atoms with Gasteiger partial charge in [0, 0.05) is 19.4 Å². The highest BCUT2D eigenvalue weighted by molar-refractivity contribution is 7.14. The number of carbonyl (C=O) groups is 2. The van der Waals surface area contributed by atoms with Crippen LogP contribution >= 0.6 is 11.3 Å². The number of hydrogen-bond donors (Lipinski definition) is 0. The van der Waals surface area contributed by atoms with Crippen LogP contribution in [0.25, 0.3) is 0 Å². The molecule has 2 fully saturated rings. The Morgan fingerprint density at radius 3 is 2.86 bits per heavy atom. The van der Waals surface area contributed by atoms with Crippen LogP contribution in [0.4, 0.5) is 5.13 Å². The molecule has 0 saturated heterocycles. The number of anilines is 1. The van der Waals surface area contributed by atoms with E-state index in [0.29, 0.717) is 16.7 Å². The predicted octanol–water partition coefficient (Wildman–Crippen LogP) is 2.61. The Bertz CT molecular complexity index is 557. The van der Waals surface area contributed by atoms with Crippen LogP contribution in [-0.4, -0.2) is 23.9 Å². The third-order valence-corrected chi connectivity index (χ3v) is 5.67. The zero-order valence-electron chi connectivity index (χ0n) is 12.4. The van der Waals surface area contributed by atoms with E-state index in [0.717, 1.165) is 12.3 Å². The monoisotopic (exact) mass is 308 g/mol. The number of nitrogens with zero attached hydrogens (tertiary/aromatic N) is 2. The fraction of sp³-hybridized carbons (Fsp3) is 0.667. The normalized spacial score (nSPS) is 26.9. The van der Waals surface area contributed by atoms with E-state index in [1.165, 1.54) is 42.4 Å². The van der Waals surface area contributed by atoms with Crippen molar-refractivity contribution in [1.82, 2.24) is 4.98 Å². The van der Waals surface area contributed by atoms with Gasteiger partial charge in [-0.05, 0) is 31.1 Å². The van der Waals surface area contributed by atoms with E-state index in [2.05, 4.69) is 4.98 Å². The summed E-state index contributed by atoms with van der Waals surface area (Å²) < 4.78 is 5.42. The summed E-state index contributed by atoms with van der Waals surface area (Å²) in [5, 5.41) is 2.47. The summed E-state index contributed by atoms with van der Waals surface area (Å²) in [6, 6.07) is 0. The highest BCUT2D eigenvalue weighted by atomic mass is 32.1. The predicted molar refractivity (Wildman–Crippen MR) is 79.9 cm³/mol.